The first-order chi connectivity index (χ1) is 21.7. The summed E-state index contributed by atoms with van der Waals surface area (Å²) < 4.78 is 32.8. The van der Waals surface area contributed by atoms with Gasteiger partial charge in [-0.3, -0.25) is 4.79 Å². The predicted molar refractivity (Wildman–Crippen MR) is 150 cm³/mol. The van der Waals surface area contributed by atoms with Crippen molar-refractivity contribution >= 4 is 23.3 Å². The summed E-state index contributed by atoms with van der Waals surface area (Å²) in [5.74, 6) is -0.843. The van der Waals surface area contributed by atoms with Gasteiger partial charge in [-0.1, -0.05) is 20.8 Å². The van der Waals surface area contributed by atoms with Gasteiger partial charge in [0.05, 0.1) is 18.2 Å². The van der Waals surface area contributed by atoms with Crippen LogP contribution < -0.4 is 11.1 Å². The van der Waals surface area contributed by atoms with E-state index in [9.17, 15) is 9.59 Å². The summed E-state index contributed by atoms with van der Waals surface area (Å²) in [6, 6.07) is -0.973. The molecule has 232 valence electrons. The van der Waals surface area contributed by atoms with E-state index in [1.165, 1.54) is 31.3 Å². The van der Waals surface area contributed by atoms with E-state index in [4.69, 9.17) is 37.7 Å². The summed E-state index contributed by atoms with van der Waals surface area (Å²) in [6.45, 7) is 5.85. The minimum Gasteiger partial charge on any atom is -0.476 e. The molecule has 0 saturated heterocycles. The van der Waals surface area contributed by atoms with Crippen molar-refractivity contribution in [2.45, 2.75) is 39.3 Å². The number of aromatic carboxylic acids is 1. The van der Waals surface area contributed by atoms with Gasteiger partial charge in [0.1, 0.15) is 43.6 Å². The Labute approximate surface area is 253 Å². The van der Waals surface area contributed by atoms with E-state index in [0.29, 0.717) is 23.6 Å². The second-order valence-corrected chi connectivity index (χ2v) is 10.2. The third kappa shape index (κ3) is 6.00. The minimum atomic E-state index is -1.24. The largest absolute Gasteiger partial charge is 0.476 e. The molecule has 6 rings (SSSR count). The zero-order valence-electron chi connectivity index (χ0n) is 24.1. The molecule has 1 aliphatic rings. The molecule has 0 fully saturated rings. The Morgan fingerprint density at radius 3 is 2.18 bits per heavy atom. The number of oxazole rings is 5. The summed E-state index contributed by atoms with van der Waals surface area (Å²) in [5, 5.41) is 11.9. The maximum atomic E-state index is 13.1. The van der Waals surface area contributed by atoms with E-state index in [1.807, 2.05) is 20.8 Å². The molecule has 2 atom stereocenters. The number of carbonyl (C=O) groups excluding carboxylic acids is 1. The zero-order valence-corrected chi connectivity index (χ0v) is 24.1. The van der Waals surface area contributed by atoms with Gasteiger partial charge in [-0.15, -0.1) is 0 Å². The molecule has 2 unspecified atom stereocenters. The number of hydrogen-bond donors (Lipinski definition) is 3. The molecule has 5 aromatic heterocycles. The van der Waals surface area contributed by atoms with Crippen LogP contribution in [0.2, 0.25) is 0 Å². The van der Waals surface area contributed by atoms with Crippen LogP contribution in [0.5, 0.6) is 0 Å². The van der Waals surface area contributed by atoms with Crippen LogP contribution in [0.1, 0.15) is 83.6 Å². The Kier molecular flexibility index (Phi) is 7.82. The van der Waals surface area contributed by atoms with Gasteiger partial charge in [0.15, 0.2) is 28.5 Å². The first-order valence-corrected chi connectivity index (χ1v) is 13.7. The molecule has 0 radical (unpaired) electrons. The van der Waals surface area contributed by atoms with Crippen LogP contribution >= 0.6 is 0 Å². The first kappa shape index (κ1) is 29.2. The van der Waals surface area contributed by atoms with Gasteiger partial charge in [-0.2, -0.15) is 0 Å². The van der Waals surface area contributed by atoms with Crippen molar-refractivity contribution in [3.63, 3.8) is 0 Å². The average Bonchev–Trinajstić information content (AvgIpc) is 3.87. The van der Waals surface area contributed by atoms with E-state index in [0.717, 1.165) is 6.26 Å². The lowest BCUT2D eigenvalue weighted by Gasteiger charge is -2.18. The van der Waals surface area contributed by atoms with Crippen molar-refractivity contribution in [2.24, 2.45) is 16.6 Å². The standard InChI is InChI=1S/C28H26N8O9/c1-4-14(29)23-32-16(8-42-23)24-30-5-13(6-40-24)22-31-15(7-41-22)21(37)36-20(12(2)3)27-34-18(10-45-27)25-33-17(9-43-25)26-35-19(11-44-26)28(38)39/h6-12,14,20H,4-5,29H2,1-3H3,(H,36,37)(H,38,39). The molecule has 1 aliphatic heterocycles. The number of aliphatic imine (C=N–C) groups is 1. The lowest BCUT2D eigenvalue weighted by atomic mass is 10.0. The van der Waals surface area contributed by atoms with Crippen molar-refractivity contribution in [3.05, 3.63) is 72.3 Å². The number of rotatable bonds is 11. The number of nitrogens with two attached hydrogens (primary N) is 1. The maximum Gasteiger partial charge on any atom is 0.357 e. The number of nitrogens with zero attached hydrogens (tertiary/aromatic N) is 6. The van der Waals surface area contributed by atoms with Crippen LogP contribution in [-0.2, 0) is 4.74 Å². The second-order valence-electron chi connectivity index (χ2n) is 10.2. The van der Waals surface area contributed by atoms with Gasteiger partial charge in [-0.05, 0) is 12.3 Å². The Balaban J connectivity index is 1.10. The predicted octanol–water partition coefficient (Wildman–Crippen LogP) is 4.01. The van der Waals surface area contributed by atoms with Gasteiger partial charge in [0, 0.05) is 0 Å². The van der Waals surface area contributed by atoms with Crippen LogP contribution in [0, 0.1) is 5.92 Å². The summed E-state index contributed by atoms with van der Waals surface area (Å²) in [6.07, 6.45) is 8.32. The molecule has 45 heavy (non-hydrogen) atoms. The summed E-state index contributed by atoms with van der Waals surface area (Å²) >= 11 is 0. The van der Waals surface area contributed by atoms with Crippen molar-refractivity contribution in [2.75, 3.05) is 6.54 Å². The van der Waals surface area contributed by atoms with Crippen LogP contribution in [0.3, 0.4) is 0 Å². The lowest BCUT2D eigenvalue weighted by Crippen LogP contribution is -2.32. The second kappa shape index (κ2) is 12.0. The topological polar surface area (TPSA) is 244 Å². The first-order valence-electron chi connectivity index (χ1n) is 13.7. The van der Waals surface area contributed by atoms with Crippen LogP contribution in [0.4, 0.5) is 0 Å². The van der Waals surface area contributed by atoms with Gasteiger partial charge in [0.25, 0.3) is 5.91 Å². The fourth-order valence-corrected chi connectivity index (χ4v) is 4.11. The van der Waals surface area contributed by atoms with Gasteiger partial charge < -0.3 is 43.0 Å². The molecule has 1 amide bonds. The zero-order chi connectivity index (χ0) is 31.7. The van der Waals surface area contributed by atoms with E-state index < -0.39 is 17.9 Å². The van der Waals surface area contributed by atoms with Gasteiger partial charge >= 0.3 is 5.97 Å². The molecule has 4 N–H and O–H groups in total. The Hall–Kier alpha value is -5.84. The molecule has 0 spiro atoms. The van der Waals surface area contributed by atoms with E-state index in [-0.39, 0.29) is 70.7 Å². The number of carbonyl (C=O) groups is 2. The lowest BCUT2D eigenvalue weighted by molar-refractivity contribution is 0.0690. The highest BCUT2D eigenvalue weighted by molar-refractivity contribution is 5.95. The van der Waals surface area contributed by atoms with Crippen LogP contribution in [0.15, 0.2) is 64.7 Å². The van der Waals surface area contributed by atoms with Crippen LogP contribution in [0.25, 0.3) is 28.7 Å². The summed E-state index contributed by atoms with van der Waals surface area (Å²) in [5.41, 5.74) is 7.05. The number of hydrogen-bond acceptors (Lipinski definition) is 15. The summed E-state index contributed by atoms with van der Waals surface area (Å²) in [7, 11) is 0. The number of carboxylic acids is 1. The molecule has 5 aromatic rings. The fraction of sp³-hybridized carbons (Fsp3) is 0.286. The minimum absolute atomic E-state index is 0.0248. The molecule has 0 saturated carbocycles. The van der Waals surface area contributed by atoms with Crippen molar-refractivity contribution < 1.29 is 41.5 Å². The Bertz CT molecular complexity index is 1910. The number of amides is 1. The number of ether oxygens (including phenoxy) is 1. The highest BCUT2D eigenvalue weighted by atomic mass is 16.5. The van der Waals surface area contributed by atoms with E-state index in [1.54, 1.807) is 0 Å². The smallest absolute Gasteiger partial charge is 0.357 e. The van der Waals surface area contributed by atoms with Crippen molar-refractivity contribution in [3.8, 4) is 23.2 Å². The quantitative estimate of drug-likeness (QED) is 0.189. The number of carboxylic acid groups (broad SMARTS) is 1. The summed E-state index contributed by atoms with van der Waals surface area (Å²) in [4.78, 5) is 49.7. The van der Waals surface area contributed by atoms with Gasteiger partial charge in [-0.25, -0.2) is 34.7 Å². The Morgan fingerprint density at radius 1 is 0.844 bits per heavy atom. The molecule has 0 aromatic carbocycles. The van der Waals surface area contributed by atoms with Crippen molar-refractivity contribution in [1.29, 1.82) is 0 Å². The third-order valence-corrected chi connectivity index (χ3v) is 6.62. The SMILES string of the molecule is CCC(N)c1nc(C2=NCC(c3nc(C(=O)NC(c4nc(-c5nc(-c6nc(C(=O)O)co6)co5)co4)C(C)C)co3)=CO2)co1. The highest BCUT2D eigenvalue weighted by Gasteiger charge is 2.28. The monoisotopic (exact) mass is 618 g/mol. The molecular weight excluding hydrogens is 592 g/mol. The number of nitrogens with one attached hydrogen (secondary N) is 1. The van der Waals surface area contributed by atoms with E-state index >= 15 is 0 Å². The molecule has 6 heterocycles. The van der Waals surface area contributed by atoms with Gasteiger partial charge in [0.2, 0.25) is 35.4 Å². The average molecular weight is 619 g/mol. The molecule has 17 nitrogen and oxygen atoms in total. The number of aromatic nitrogens is 5. The highest BCUT2D eigenvalue weighted by Crippen LogP contribution is 2.28. The molecular formula is C28H26N8O9. The van der Waals surface area contributed by atoms with Crippen LogP contribution in [-0.4, -0.2) is 54.3 Å². The Morgan fingerprint density at radius 2 is 1.47 bits per heavy atom. The fourth-order valence-electron chi connectivity index (χ4n) is 4.11. The molecule has 0 aliphatic carbocycles. The van der Waals surface area contributed by atoms with E-state index in [2.05, 4.69) is 35.2 Å². The molecule has 17 heteroatoms. The maximum absolute atomic E-state index is 13.1. The third-order valence-electron chi connectivity index (χ3n) is 6.62. The molecule has 0 bridgehead atoms. The normalized spacial score (nSPS) is 14.5. The van der Waals surface area contributed by atoms with Crippen molar-refractivity contribution in [1.82, 2.24) is 30.2 Å².